The topological polar surface area (TPSA) is 49.6 Å². The van der Waals surface area contributed by atoms with E-state index in [2.05, 4.69) is 23.8 Å². The Bertz CT molecular complexity index is 283. The monoisotopic (exact) mass is 239 g/mol. The van der Waals surface area contributed by atoms with E-state index in [1.165, 1.54) is 6.42 Å². The van der Waals surface area contributed by atoms with Gasteiger partial charge in [0.15, 0.2) is 0 Å². The molecule has 2 N–H and O–H groups in total. The summed E-state index contributed by atoms with van der Waals surface area (Å²) in [5.74, 6) is 0.316. The largest absolute Gasteiger partial charge is 0.337 e. The summed E-state index contributed by atoms with van der Waals surface area (Å²) in [7, 11) is 2.12. The number of hydrogen-bond donors (Lipinski definition) is 1. The lowest BCUT2D eigenvalue weighted by atomic mass is 9.66. The third-order valence-corrected chi connectivity index (χ3v) is 4.52. The minimum absolute atomic E-state index is 0.139. The van der Waals surface area contributed by atoms with Gasteiger partial charge in [-0.05, 0) is 38.8 Å². The molecule has 1 saturated carbocycles. The number of amides is 1. The summed E-state index contributed by atoms with van der Waals surface area (Å²) in [4.78, 5) is 16.7. The summed E-state index contributed by atoms with van der Waals surface area (Å²) < 4.78 is 0. The molecule has 0 radical (unpaired) electrons. The third-order valence-electron chi connectivity index (χ3n) is 4.52. The van der Waals surface area contributed by atoms with E-state index in [1.807, 2.05) is 0 Å². The number of rotatable bonds is 3. The first-order chi connectivity index (χ1) is 8.06. The van der Waals surface area contributed by atoms with E-state index in [0.29, 0.717) is 24.9 Å². The lowest BCUT2D eigenvalue weighted by Gasteiger charge is -2.44. The van der Waals surface area contributed by atoms with Crippen LogP contribution in [0.15, 0.2) is 0 Å². The molecule has 1 unspecified atom stereocenters. The minimum atomic E-state index is 0.139. The van der Waals surface area contributed by atoms with Gasteiger partial charge >= 0.3 is 0 Å². The van der Waals surface area contributed by atoms with Crippen LogP contribution in [-0.2, 0) is 4.79 Å². The fraction of sp³-hybridized carbons (Fsp3) is 0.923. The number of hydrogen-bond acceptors (Lipinski definition) is 3. The van der Waals surface area contributed by atoms with Crippen LogP contribution in [0.3, 0.4) is 0 Å². The normalized spacial score (nSPS) is 28.9. The molecule has 0 aromatic rings. The highest BCUT2D eigenvalue weighted by Crippen LogP contribution is 2.43. The predicted molar refractivity (Wildman–Crippen MR) is 68.6 cm³/mol. The molecule has 1 amide bonds. The van der Waals surface area contributed by atoms with E-state index in [4.69, 9.17) is 5.73 Å². The van der Waals surface area contributed by atoms with Gasteiger partial charge in [0.25, 0.3) is 0 Å². The van der Waals surface area contributed by atoms with Gasteiger partial charge in [-0.1, -0.05) is 6.42 Å². The van der Waals surface area contributed by atoms with Gasteiger partial charge in [0, 0.05) is 32.1 Å². The number of carbonyl (C=O) groups excluding carboxylic acids is 1. The van der Waals surface area contributed by atoms with Crippen LogP contribution < -0.4 is 5.73 Å². The first kappa shape index (κ1) is 12.8. The summed E-state index contributed by atoms with van der Waals surface area (Å²) in [5.41, 5.74) is 5.96. The van der Waals surface area contributed by atoms with E-state index in [1.54, 1.807) is 0 Å². The molecule has 0 bridgehead atoms. The Hall–Kier alpha value is -0.610. The molecule has 1 aliphatic heterocycles. The van der Waals surface area contributed by atoms with Crippen LogP contribution in [0.2, 0.25) is 0 Å². The lowest BCUT2D eigenvalue weighted by molar-refractivity contribution is -0.139. The number of nitrogens with zero attached hydrogens (tertiary/aromatic N) is 2. The number of piperazine rings is 1. The summed E-state index contributed by atoms with van der Waals surface area (Å²) in [6, 6.07) is 0.344. The average molecular weight is 239 g/mol. The van der Waals surface area contributed by atoms with E-state index in [0.717, 1.165) is 32.5 Å². The van der Waals surface area contributed by atoms with Crippen LogP contribution in [0.1, 0.15) is 32.6 Å². The fourth-order valence-electron chi connectivity index (χ4n) is 3.06. The molecule has 0 aromatic carbocycles. The summed E-state index contributed by atoms with van der Waals surface area (Å²) >= 11 is 0. The molecular formula is C13H25N3O. The average Bonchev–Trinajstić information content (AvgIpc) is 2.23. The summed E-state index contributed by atoms with van der Waals surface area (Å²) in [6.45, 7) is 5.66. The molecule has 17 heavy (non-hydrogen) atoms. The van der Waals surface area contributed by atoms with Gasteiger partial charge in [-0.15, -0.1) is 0 Å². The van der Waals surface area contributed by atoms with E-state index in [9.17, 15) is 4.79 Å². The molecule has 4 nitrogen and oxygen atoms in total. The zero-order valence-electron chi connectivity index (χ0n) is 11.1. The van der Waals surface area contributed by atoms with Gasteiger partial charge in [0.2, 0.25) is 5.91 Å². The van der Waals surface area contributed by atoms with Crippen molar-refractivity contribution in [2.45, 2.75) is 38.6 Å². The van der Waals surface area contributed by atoms with E-state index >= 15 is 0 Å². The van der Waals surface area contributed by atoms with Gasteiger partial charge in [-0.2, -0.15) is 0 Å². The molecule has 0 spiro atoms. The summed E-state index contributed by atoms with van der Waals surface area (Å²) in [6.07, 6.45) is 4.18. The molecule has 1 aliphatic carbocycles. The SMILES string of the molecule is CC1CN(C)CCN1C(=O)CC1(CN)CCC1. The number of carbonyl (C=O) groups is 1. The smallest absolute Gasteiger partial charge is 0.223 e. The zero-order chi connectivity index (χ0) is 12.5. The van der Waals surface area contributed by atoms with Crippen molar-refractivity contribution in [2.75, 3.05) is 33.2 Å². The maximum absolute atomic E-state index is 12.3. The van der Waals surface area contributed by atoms with E-state index < -0.39 is 0 Å². The third kappa shape index (κ3) is 2.63. The molecule has 2 aliphatic rings. The molecule has 2 rings (SSSR count). The molecular weight excluding hydrogens is 214 g/mol. The van der Waals surface area contributed by atoms with Crippen molar-refractivity contribution in [3.8, 4) is 0 Å². The Kier molecular flexibility index (Phi) is 3.73. The second-order valence-electron chi connectivity index (χ2n) is 5.93. The standard InChI is InChI=1S/C13H25N3O/c1-11-9-15(2)6-7-16(11)12(17)8-13(10-14)4-3-5-13/h11H,3-10,14H2,1-2H3. The molecule has 1 heterocycles. The van der Waals surface area contributed by atoms with E-state index in [-0.39, 0.29) is 5.41 Å². The van der Waals surface area contributed by atoms with Crippen molar-refractivity contribution in [1.29, 1.82) is 0 Å². The molecule has 4 heteroatoms. The first-order valence-corrected chi connectivity index (χ1v) is 6.74. The quantitative estimate of drug-likeness (QED) is 0.787. The second-order valence-corrected chi connectivity index (χ2v) is 5.93. The maximum Gasteiger partial charge on any atom is 0.223 e. The van der Waals surface area contributed by atoms with Crippen molar-refractivity contribution in [2.24, 2.45) is 11.1 Å². The fourth-order valence-corrected chi connectivity index (χ4v) is 3.06. The Labute approximate surface area is 104 Å². The van der Waals surface area contributed by atoms with Crippen molar-refractivity contribution < 1.29 is 4.79 Å². The van der Waals surface area contributed by atoms with Crippen molar-refractivity contribution in [1.82, 2.24) is 9.80 Å². The second kappa shape index (κ2) is 4.94. The van der Waals surface area contributed by atoms with Crippen LogP contribution in [0.4, 0.5) is 0 Å². The number of nitrogens with two attached hydrogens (primary N) is 1. The van der Waals surface area contributed by atoms with Gasteiger partial charge < -0.3 is 15.5 Å². The van der Waals surface area contributed by atoms with Crippen molar-refractivity contribution in [3.63, 3.8) is 0 Å². The molecule has 2 fully saturated rings. The van der Waals surface area contributed by atoms with Gasteiger partial charge in [-0.3, -0.25) is 4.79 Å². The van der Waals surface area contributed by atoms with Gasteiger partial charge in [0.05, 0.1) is 0 Å². The Morgan fingerprint density at radius 1 is 1.41 bits per heavy atom. The highest BCUT2D eigenvalue weighted by molar-refractivity contribution is 5.77. The Morgan fingerprint density at radius 2 is 2.12 bits per heavy atom. The van der Waals surface area contributed by atoms with Crippen LogP contribution in [-0.4, -0.2) is 55.0 Å². The van der Waals surface area contributed by atoms with Gasteiger partial charge in [-0.25, -0.2) is 0 Å². The van der Waals surface area contributed by atoms with Crippen LogP contribution in [0.25, 0.3) is 0 Å². The predicted octanol–water partition coefficient (Wildman–Crippen LogP) is 0.668. The minimum Gasteiger partial charge on any atom is -0.337 e. The molecule has 98 valence electrons. The number of likely N-dealkylation sites (N-methyl/N-ethyl adjacent to an activating group) is 1. The lowest BCUT2D eigenvalue weighted by Crippen LogP contribution is -2.54. The highest BCUT2D eigenvalue weighted by atomic mass is 16.2. The summed E-state index contributed by atoms with van der Waals surface area (Å²) in [5, 5.41) is 0. The molecule has 1 atom stereocenters. The molecule has 0 aromatic heterocycles. The van der Waals surface area contributed by atoms with Crippen LogP contribution in [0.5, 0.6) is 0 Å². The Balaban J connectivity index is 1.91. The van der Waals surface area contributed by atoms with Crippen molar-refractivity contribution in [3.05, 3.63) is 0 Å². The first-order valence-electron chi connectivity index (χ1n) is 6.74. The van der Waals surface area contributed by atoms with Crippen molar-refractivity contribution >= 4 is 5.91 Å². The molecule has 1 saturated heterocycles. The van der Waals surface area contributed by atoms with Gasteiger partial charge in [0.1, 0.15) is 0 Å². The van der Waals surface area contributed by atoms with Crippen LogP contribution >= 0.6 is 0 Å². The maximum atomic E-state index is 12.3. The highest BCUT2D eigenvalue weighted by Gasteiger charge is 2.39. The Morgan fingerprint density at radius 3 is 2.59 bits per heavy atom. The van der Waals surface area contributed by atoms with Crippen LogP contribution in [0, 0.1) is 5.41 Å². The zero-order valence-corrected chi connectivity index (χ0v) is 11.1.